The van der Waals surface area contributed by atoms with Crippen molar-refractivity contribution in [3.8, 4) is 35.0 Å². The number of rotatable bonds is 4. The van der Waals surface area contributed by atoms with Gasteiger partial charge in [0.1, 0.15) is 11.9 Å². The lowest BCUT2D eigenvalue weighted by molar-refractivity contribution is -0.120. The highest BCUT2D eigenvalue weighted by Gasteiger charge is 2.25. The van der Waals surface area contributed by atoms with Crippen LogP contribution in [0.1, 0.15) is 37.2 Å². The van der Waals surface area contributed by atoms with E-state index >= 15 is 0 Å². The lowest BCUT2D eigenvalue weighted by Crippen LogP contribution is -2.32. The van der Waals surface area contributed by atoms with Crippen molar-refractivity contribution in [3.05, 3.63) is 72.0 Å². The number of benzene rings is 2. The number of carbonyl (C=O) groups excluding carboxylic acids is 1. The van der Waals surface area contributed by atoms with Crippen LogP contribution in [0.25, 0.3) is 22.5 Å². The number of nitrogens with one attached hydrogen (secondary N) is 3. The number of aromatic nitrogens is 1. The molecule has 5 rings (SSSR count). The van der Waals surface area contributed by atoms with E-state index in [-0.39, 0.29) is 17.8 Å². The van der Waals surface area contributed by atoms with E-state index in [0.717, 1.165) is 29.9 Å². The summed E-state index contributed by atoms with van der Waals surface area (Å²) in [6.07, 6.45) is 9.53. The van der Waals surface area contributed by atoms with Gasteiger partial charge in [0.25, 0.3) is 0 Å². The monoisotopic (exact) mass is 415 g/mol. The molecule has 0 bridgehead atoms. The third kappa shape index (κ3) is 4.80. The Kier molecular flexibility index (Phi) is 6.37. The quantitative estimate of drug-likeness (QED) is 0.423. The molecule has 0 spiro atoms. The molecular weight excluding hydrogens is 389 g/mol. The summed E-state index contributed by atoms with van der Waals surface area (Å²) < 4.78 is 13.2. The van der Waals surface area contributed by atoms with Crippen LogP contribution < -0.4 is 10.6 Å². The van der Waals surface area contributed by atoms with Gasteiger partial charge < -0.3 is 15.6 Å². The van der Waals surface area contributed by atoms with E-state index in [1.54, 1.807) is 0 Å². The minimum absolute atomic E-state index is 0.00736. The maximum atomic E-state index is 13.2. The SMILES string of the molecule is C#CNC1CCNC1=O.Fc1ccc(-c2[nH]c(-c3ccccc3)cc2C2CCC2)cc1. The van der Waals surface area contributed by atoms with Gasteiger partial charge in [0.15, 0.2) is 0 Å². The molecule has 2 aromatic carbocycles. The average Bonchev–Trinajstić information content (AvgIpc) is 3.36. The van der Waals surface area contributed by atoms with Crippen molar-refractivity contribution in [1.82, 2.24) is 15.6 Å². The van der Waals surface area contributed by atoms with Crippen LogP contribution in [0, 0.1) is 18.3 Å². The number of H-pyrrole nitrogens is 1. The lowest BCUT2D eigenvalue weighted by atomic mass is 9.79. The van der Waals surface area contributed by atoms with Crippen molar-refractivity contribution < 1.29 is 9.18 Å². The second-order valence-electron chi connectivity index (χ2n) is 7.94. The number of carbonyl (C=O) groups is 1. The van der Waals surface area contributed by atoms with E-state index in [2.05, 4.69) is 52.0 Å². The van der Waals surface area contributed by atoms with Gasteiger partial charge in [0.05, 0.1) is 0 Å². The molecule has 1 unspecified atom stereocenters. The van der Waals surface area contributed by atoms with Crippen LogP contribution in [-0.4, -0.2) is 23.5 Å². The second-order valence-corrected chi connectivity index (χ2v) is 7.94. The lowest BCUT2D eigenvalue weighted by Gasteiger charge is -2.26. The first kappa shape index (κ1) is 20.7. The van der Waals surface area contributed by atoms with E-state index in [0.29, 0.717) is 5.92 Å². The van der Waals surface area contributed by atoms with Crippen molar-refractivity contribution in [2.24, 2.45) is 0 Å². The van der Waals surface area contributed by atoms with Crippen LogP contribution in [0.5, 0.6) is 0 Å². The molecule has 1 aliphatic carbocycles. The molecular formula is C26H26FN3O. The van der Waals surface area contributed by atoms with Gasteiger partial charge in [-0.25, -0.2) is 4.39 Å². The Morgan fingerprint density at radius 1 is 1.00 bits per heavy atom. The van der Waals surface area contributed by atoms with Crippen LogP contribution in [0.4, 0.5) is 4.39 Å². The highest BCUT2D eigenvalue weighted by molar-refractivity contribution is 5.83. The fraction of sp³-hybridized carbons (Fsp3) is 0.269. The molecule has 1 amide bonds. The molecule has 3 aromatic rings. The zero-order chi connectivity index (χ0) is 21.6. The predicted octanol–water partition coefficient (Wildman–Crippen LogP) is 4.81. The number of aromatic amines is 1. The van der Waals surface area contributed by atoms with Crippen molar-refractivity contribution in [2.75, 3.05) is 6.54 Å². The molecule has 158 valence electrons. The minimum Gasteiger partial charge on any atom is -0.354 e. The summed E-state index contributed by atoms with van der Waals surface area (Å²) in [6.45, 7) is 0.734. The number of halogens is 1. The smallest absolute Gasteiger partial charge is 0.243 e. The zero-order valence-corrected chi connectivity index (χ0v) is 17.3. The molecule has 1 saturated carbocycles. The summed E-state index contributed by atoms with van der Waals surface area (Å²) >= 11 is 0. The predicted molar refractivity (Wildman–Crippen MR) is 122 cm³/mol. The molecule has 5 heteroatoms. The third-order valence-electron chi connectivity index (χ3n) is 5.92. The van der Waals surface area contributed by atoms with Gasteiger partial charge in [-0.3, -0.25) is 4.79 Å². The van der Waals surface area contributed by atoms with Crippen molar-refractivity contribution in [1.29, 1.82) is 0 Å². The summed E-state index contributed by atoms with van der Waals surface area (Å²) in [6, 6.07) is 21.5. The van der Waals surface area contributed by atoms with E-state index in [4.69, 9.17) is 6.42 Å². The average molecular weight is 416 g/mol. The Bertz CT molecular complexity index is 1060. The second kappa shape index (κ2) is 9.53. The van der Waals surface area contributed by atoms with Crippen LogP contribution >= 0.6 is 0 Å². The highest BCUT2D eigenvalue weighted by atomic mass is 19.1. The van der Waals surface area contributed by atoms with Gasteiger partial charge >= 0.3 is 0 Å². The number of hydrogen-bond donors (Lipinski definition) is 3. The van der Waals surface area contributed by atoms with E-state index in [1.165, 1.54) is 42.5 Å². The first-order chi connectivity index (χ1) is 15.2. The van der Waals surface area contributed by atoms with Crippen LogP contribution in [0.2, 0.25) is 0 Å². The number of terminal acetylenes is 1. The Hall–Kier alpha value is -3.52. The van der Waals surface area contributed by atoms with Gasteiger partial charge in [-0.1, -0.05) is 43.2 Å². The van der Waals surface area contributed by atoms with Crippen molar-refractivity contribution in [3.63, 3.8) is 0 Å². The Morgan fingerprint density at radius 2 is 1.74 bits per heavy atom. The molecule has 2 fully saturated rings. The van der Waals surface area contributed by atoms with Crippen molar-refractivity contribution >= 4 is 5.91 Å². The summed E-state index contributed by atoms with van der Waals surface area (Å²) in [4.78, 5) is 14.3. The first-order valence-corrected chi connectivity index (χ1v) is 10.7. The van der Waals surface area contributed by atoms with E-state index in [9.17, 15) is 9.18 Å². The molecule has 2 aliphatic rings. The molecule has 0 radical (unpaired) electrons. The van der Waals surface area contributed by atoms with E-state index < -0.39 is 0 Å². The molecule has 1 aliphatic heterocycles. The molecule has 1 aromatic heterocycles. The Morgan fingerprint density at radius 3 is 2.32 bits per heavy atom. The summed E-state index contributed by atoms with van der Waals surface area (Å²) in [5, 5.41) is 5.27. The topological polar surface area (TPSA) is 56.9 Å². The maximum absolute atomic E-state index is 13.2. The van der Waals surface area contributed by atoms with Gasteiger partial charge in [0, 0.05) is 24.0 Å². The van der Waals surface area contributed by atoms with Gasteiger partial charge in [0.2, 0.25) is 5.91 Å². The molecule has 1 saturated heterocycles. The van der Waals surface area contributed by atoms with Gasteiger partial charge in [-0.05, 0) is 72.2 Å². The summed E-state index contributed by atoms with van der Waals surface area (Å²) in [5.41, 5.74) is 5.91. The Labute approximate surface area is 182 Å². The molecule has 31 heavy (non-hydrogen) atoms. The minimum atomic E-state index is -0.191. The third-order valence-corrected chi connectivity index (χ3v) is 5.92. The molecule has 4 nitrogen and oxygen atoms in total. The van der Waals surface area contributed by atoms with Crippen LogP contribution in [-0.2, 0) is 4.79 Å². The maximum Gasteiger partial charge on any atom is 0.243 e. The zero-order valence-electron chi connectivity index (χ0n) is 17.3. The van der Waals surface area contributed by atoms with E-state index in [1.807, 2.05) is 18.2 Å². The highest BCUT2D eigenvalue weighted by Crippen LogP contribution is 2.42. The van der Waals surface area contributed by atoms with Gasteiger partial charge in [-0.15, -0.1) is 0 Å². The molecule has 1 atom stereocenters. The summed E-state index contributed by atoms with van der Waals surface area (Å²) in [5.74, 6) is 0.450. The fourth-order valence-electron chi connectivity index (χ4n) is 3.97. The number of hydrogen-bond acceptors (Lipinski definition) is 2. The first-order valence-electron chi connectivity index (χ1n) is 10.7. The van der Waals surface area contributed by atoms with Crippen LogP contribution in [0.15, 0.2) is 60.7 Å². The number of amides is 1. The normalized spacial score (nSPS) is 17.7. The Balaban J connectivity index is 0.000000217. The van der Waals surface area contributed by atoms with Gasteiger partial charge in [-0.2, -0.15) is 0 Å². The molecule has 3 N–H and O–H groups in total. The van der Waals surface area contributed by atoms with Crippen molar-refractivity contribution in [2.45, 2.75) is 37.6 Å². The fourth-order valence-corrected chi connectivity index (χ4v) is 3.97. The summed E-state index contributed by atoms with van der Waals surface area (Å²) in [7, 11) is 0. The standard InChI is InChI=1S/C20H18FN.C6H8N2O/c21-17-11-9-16(10-12-17)20-18(14-7-4-8-14)13-19(22-20)15-5-2-1-3-6-15;1-2-7-5-3-4-8-6(5)9/h1-3,5-6,9-14,22H,4,7-8H2;1,5,7H,3-4H2,(H,8,9). The largest absolute Gasteiger partial charge is 0.354 e. The molecule has 2 heterocycles. The van der Waals surface area contributed by atoms with Crippen LogP contribution in [0.3, 0.4) is 0 Å².